The van der Waals surface area contributed by atoms with Crippen molar-refractivity contribution in [1.82, 2.24) is 4.98 Å². The standard InChI is InChI=1S/C33H37F2NO4/c1-33(2)10-4-5-29(33)27-12-21(8-9-26(27)28-17-31(39-3)36-18-30(28)35)19-40-25-14-23(13-24(34)16-25)22(15-32(37)38)11-20-6-7-20/h8-9,12-14,16-18,20,22,29H,4-7,10-11,15,19H2,1-3H3,(H,37,38)/t22-,29-/m1/s1. The molecule has 2 aliphatic carbocycles. The highest BCUT2D eigenvalue weighted by molar-refractivity contribution is 5.70. The number of carboxylic acids is 1. The van der Waals surface area contributed by atoms with E-state index >= 15 is 4.39 Å². The number of nitrogens with zero attached hydrogens (tertiary/aromatic N) is 1. The van der Waals surface area contributed by atoms with Crippen LogP contribution in [0.4, 0.5) is 8.78 Å². The third-order valence-corrected chi connectivity index (χ3v) is 8.58. The molecule has 1 aromatic heterocycles. The highest BCUT2D eigenvalue weighted by atomic mass is 19.1. The molecule has 1 heterocycles. The van der Waals surface area contributed by atoms with Gasteiger partial charge in [0.1, 0.15) is 24.0 Å². The summed E-state index contributed by atoms with van der Waals surface area (Å²) < 4.78 is 41.0. The lowest BCUT2D eigenvalue weighted by Crippen LogP contribution is -2.17. The fourth-order valence-corrected chi connectivity index (χ4v) is 6.25. The van der Waals surface area contributed by atoms with E-state index in [2.05, 4.69) is 24.9 Å². The van der Waals surface area contributed by atoms with Crippen LogP contribution < -0.4 is 9.47 Å². The second-order valence-electron chi connectivity index (χ2n) is 12.0. The summed E-state index contributed by atoms with van der Waals surface area (Å²) >= 11 is 0. The van der Waals surface area contributed by atoms with E-state index in [9.17, 15) is 14.3 Å². The minimum Gasteiger partial charge on any atom is -0.489 e. The van der Waals surface area contributed by atoms with E-state index in [-0.39, 0.29) is 30.3 Å². The van der Waals surface area contributed by atoms with Gasteiger partial charge in [-0.15, -0.1) is 0 Å². The van der Waals surface area contributed by atoms with Gasteiger partial charge >= 0.3 is 5.97 Å². The third kappa shape index (κ3) is 6.45. The lowest BCUT2D eigenvalue weighted by molar-refractivity contribution is -0.137. The first-order valence-electron chi connectivity index (χ1n) is 14.1. The fourth-order valence-electron chi connectivity index (χ4n) is 6.25. The summed E-state index contributed by atoms with van der Waals surface area (Å²) in [5.74, 6) is -0.502. The Labute approximate surface area is 234 Å². The van der Waals surface area contributed by atoms with E-state index in [4.69, 9.17) is 9.47 Å². The number of carboxylic acid groups (broad SMARTS) is 1. The molecule has 0 bridgehead atoms. The molecular weight excluding hydrogens is 512 g/mol. The van der Waals surface area contributed by atoms with E-state index in [1.54, 1.807) is 12.1 Å². The van der Waals surface area contributed by atoms with Gasteiger partial charge in [0, 0.05) is 17.7 Å². The Balaban J connectivity index is 1.44. The Bertz CT molecular complexity index is 1380. The van der Waals surface area contributed by atoms with Crippen LogP contribution >= 0.6 is 0 Å². The second-order valence-corrected chi connectivity index (χ2v) is 12.0. The summed E-state index contributed by atoms with van der Waals surface area (Å²) in [5.41, 5.74) is 3.93. The molecule has 2 atom stereocenters. The highest BCUT2D eigenvalue weighted by Crippen LogP contribution is 2.51. The maximum absolute atomic E-state index is 15.0. The van der Waals surface area contributed by atoms with E-state index in [1.807, 2.05) is 12.1 Å². The lowest BCUT2D eigenvalue weighted by atomic mass is 9.75. The first kappa shape index (κ1) is 28.1. The van der Waals surface area contributed by atoms with Crippen LogP contribution in [0.25, 0.3) is 11.1 Å². The number of pyridine rings is 1. The van der Waals surface area contributed by atoms with Crippen molar-refractivity contribution in [3.8, 4) is 22.8 Å². The van der Waals surface area contributed by atoms with Gasteiger partial charge in [0.25, 0.3) is 0 Å². The Morgan fingerprint density at radius 2 is 1.90 bits per heavy atom. The smallest absolute Gasteiger partial charge is 0.303 e. The van der Waals surface area contributed by atoms with Crippen LogP contribution in [0.1, 0.15) is 87.3 Å². The molecular formula is C33H37F2NO4. The van der Waals surface area contributed by atoms with Gasteiger partial charge in [0.2, 0.25) is 5.88 Å². The van der Waals surface area contributed by atoms with Crippen molar-refractivity contribution in [3.05, 3.63) is 77.0 Å². The molecule has 2 aliphatic rings. The van der Waals surface area contributed by atoms with Crippen molar-refractivity contribution in [2.75, 3.05) is 7.11 Å². The number of hydrogen-bond donors (Lipinski definition) is 1. The predicted octanol–water partition coefficient (Wildman–Crippen LogP) is 8.27. The molecule has 5 rings (SSSR count). The summed E-state index contributed by atoms with van der Waals surface area (Å²) in [4.78, 5) is 15.5. The summed E-state index contributed by atoms with van der Waals surface area (Å²) in [5, 5.41) is 9.41. The Morgan fingerprint density at radius 3 is 2.58 bits per heavy atom. The number of benzene rings is 2. The van der Waals surface area contributed by atoms with Crippen LogP contribution in [0, 0.1) is 23.0 Å². The molecule has 0 aliphatic heterocycles. The minimum atomic E-state index is -0.886. The van der Waals surface area contributed by atoms with Crippen molar-refractivity contribution < 1.29 is 28.2 Å². The molecule has 0 saturated heterocycles. The molecule has 212 valence electrons. The summed E-state index contributed by atoms with van der Waals surface area (Å²) in [6, 6.07) is 12.1. The zero-order chi connectivity index (χ0) is 28.4. The molecule has 2 saturated carbocycles. The van der Waals surface area contributed by atoms with E-state index in [0.717, 1.165) is 55.2 Å². The molecule has 0 spiro atoms. The van der Waals surface area contributed by atoms with Crippen molar-refractivity contribution >= 4 is 5.97 Å². The van der Waals surface area contributed by atoms with Gasteiger partial charge in [-0.25, -0.2) is 13.8 Å². The number of rotatable bonds is 11. The molecule has 2 aromatic carbocycles. The molecule has 7 heteroatoms. The molecule has 0 unspecified atom stereocenters. The molecule has 40 heavy (non-hydrogen) atoms. The SMILES string of the molecule is COc1cc(-c2ccc(COc3cc(F)cc([C@@H](CC(=O)O)CC4CC4)c3)cc2[C@H]2CCCC2(C)C)c(F)cn1. The molecule has 3 aromatic rings. The molecule has 0 radical (unpaired) electrons. The Kier molecular flexibility index (Phi) is 8.11. The summed E-state index contributed by atoms with van der Waals surface area (Å²) in [7, 11) is 1.51. The zero-order valence-electron chi connectivity index (χ0n) is 23.4. The van der Waals surface area contributed by atoms with E-state index in [1.165, 1.54) is 25.4 Å². The molecule has 1 N–H and O–H groups in total. The minimum absolute atomic E-state index is 0.0300. The number of halogens is 2. The zero-order valence-corrected chi connectivity index (χ0v) is 23.4. The number of methoxy groups -OCH3 is 1. The average Bonchev–Trinajstić information content (AvgIpc) is 3.66. The number of aliphatic carboxylic acids is 1. The number of aromatic nitrogens is 1. The van der Waals surface area contributed by atoms with Gasteiger partial charge in [-0.1, -0.05) is 51.3 Å². The monoisotopic (exact) mass is 549 g/mol. The number of ether oxygens (including phenoxy) is 2. The van der Waals surface area contributed by atoms with E-state index in [0.29, 0.717) is 28.7 Å². The topological polar surface area (TPSA) is 68.7 Å². The first-order chi connectivity index (χ1) is 19.1. The van der Waals surface area contributed by atoms with Crippen LogP contribution in [-0.4, -0.2) is 23.2 Å². The third-order valence-electron chi connectivity index (χ3n) is 8.58. The van der Waals surface area contributed by atoms with Gasteiger partial charge < -0.3 is 14.6 Å². The predicted molar refractivity (Wildman–Crippen MR) is 150 cm³/mol. The maximum atomic E-state index is 15.0. The molecule has 0 amide bonds. The Hall–Kier alpha value is -3.48. The first-order valence-corrected chi connectivity index (χ1v) is 14.1. The summed E-state index contributed by atoms with van der Waals surface area (Å²) in [6.07, 6.45) is 7.30. The fraction of sp³-hybridized carbons (Fsp3) is 0.455. The van der Waals surface area contributed by atoms with Crippen molar-refractivity contribution in [2.24, 2.45) is 11.3 Å². The quantitative estimate of drug-likeness (QED) is 0.261. The molecule has 2 fully saturated rings. The second kappa shape index (κ2) is 11.6. The highest BCUT2D eigenvalue weighted by Gasteiger charge is 2.37. The maximum Gasteiger partial charge on any atom is 0.303 e. The van der Waals surface area contributed by atoms with Crippen molar-refractivity contribution in [2.45, 2.75) is 77.2 Å². The average molecular weight is 550 g/mol. The van der Waals surface area contributed by atoms with Crippen LogP contribution in [0.2, 0.25) is 0 Å². The van der Waals surface area contributed by atoms with Gasteiger partial charge in [0.05, 0.1) is 19.7 Å². The van der Waals surface area contributed by atoms with Gasteiger partial charge in [-0.05, 0) is 76.8 Å². The normalized spacial score (nSPS) is 18.9. The van der Waals surface area contributed by atoms with Crippen LogP contribution in [0.15, 0.2) is 48.7 Å². The van der Waals surface area contributed by atoms with E-state index < -0.39 is 17.6 Å². The van der Waals surface area contributed by atoms with Gasteiger partial charge in [0.15, 0.2) is 0 Å². The van der Waals surface area contributed by atoms with Crippen molar-refractivity contribution in [3.63, 3.8) is 0 Å². The van der Waals surface area contributed by atoms with Crippen molar-refractivity contribution in [1.29, 1.82) is 0 Å². The number of hydrogen-bond acceptors (Lipinski definition) is 4. The molecule has 5 nitrogen and oxygen atoms in total. The van der Waals surface area contributed by atoms with Gasteiger partial charge in [-0.2, -0.15) is 0 Å². The van der Waals surface area contributed by atoms with Crippen LogP contribution in [0.3, 0.4) is 0 Å². The van der Waals surface area contributed by atoms with Crippen LogP contribution in [-0.2, 0) is 11.4 Å². The lowest BCUT2D eigenvalue weighted by Gasteiger charge is -2.30. The Morgan fingerprint density at radius 1 is 1.10 bits per heavy atom. The number of carbonyl (C=O) groups is 1. The largest absolute Gasteiger partial charge is 0.489 e. The van der Waals surface area contributed by atoms with Gasteiger partial charge in [-0.3, -0.25) is 4.79 Å². The van der Waals surface area contributed by atoms with Crippen LogP contribution in [0.5, 0.6) is 11.6 Å². The summed E-state index contributed by atoms with van der Waals surface area (Å²) in [6.45, 7) is 4.72.